The van der Waals surface area contributed by atoms with Crippen LogP contribution in [-0.4, -0.2) is 29.9 Å². The van der Waals surface area contributed by atoms with Crippen molar-refractivity contribution >= 4 is 38.9 Å². The van der Waals surface area contributed by atoms with Gasteiger partial charge in [0.1, 0.15) is 11.5 Å². The Bertz CT molecular complexity index is 1370. The van der Waals surface area contributed by atoms with Gasteiger partial charge in [-0.15, -0.1) is 0 Å². The zero-order valence-corrected chi connectivity index (χ0v) is 22.0. The molecule has 3 aromatic rings. The first-order valence-electron chi connectivity index (χ1n) is 11.1. The summed E-state index contributed by atoms with van der Waals surface area (Å²) in [5.41, 5.74) is 1.94. The molecule has 2 N–H and O–H groups in total. The number of anilines is 1. The molecule has 0 amide bonds. The molecule has 10 heteroatoms. The quantitative estimate of drug-likeness (QED) is 0.349. The van der Waals surface area contributed by atoms with E-state index in [1.807, 2.05) is 6.07 Å². The number of aryl methyl sites for hydroxylation is 2. The molecule has 1 unspecified atom stereocenters. The van der Waals surface area contributed by atoms with Crippen molar-refractivity contribution < 1.29 is 18.3 Å². The van der Waals surface area contributed by atoms with Gasteiger partial charge in [-0.3, -0.25) is 9.52 Å². The van der Waals surface area contributed by atoms with Crippen LogP contribution < -0.4 is 15.0 Å². The second-order valence-electron chi connectivity index (χ2n) is 8.30. The number of pyridine rings is 1. The zero-order chi connectivity index (χ0) is 25.8. The number of halogens is 2. The highest BCUT2D eigenvalue weighted by atomic mass is 35.5. The lowest BCUT2D eigenvalue weighted by Crippen LogP contribution is -2.15. The van der Waals surface area contributed by atoms with Gasteiger partial charge in [-0.1, -0.05) is 23.2 Å². The summed E-state index contributed by atoms with van der Waals surface area (Å²) in [6, 6.07) is 11.5. The number of aliphatic hydroxyl groups is 1. The number of rotatable bonds is 10. The number of hydrogen-bond acceptors (Lipinski definition) is 5. The van der Waals surface area contributed by atoms with E-state index in [1.54, 1.807) is 57.4 Å². The van der Waals surface area contributed by atoms with Crippen molar-refractivity contribution in [2.45, 2.75) is 39.2 Å². The molecule has 0 saturated carbocycles. The van der Waals surface area contributed by atoms with Gasteiger partial charge in [-0.25, -0.2) is 8.42 Å². The molecule has 0 aliphatic carbocycles. The summed E-state index contributed by atoms with van der Waals surface area (Å²) in [5, 5.41) is 10.4. The number of benzene rings is 2. The molecule has 35 heavy (non-hydrogen) atoms. The fourth-order valence-electron chi connectivity index (χ4n) is 3.50. The van der Waals surface area contributed by atoms with E-state index in [2.05, 4.69) is 4.72 Å². The van der Waals surface area contributed by atoms with Crippen LogP contribution in [0.2, 0.25) is 10.0 Å². The molecule has 0 spiro atoms. The van der Waals surface area contributed by atoms with Gasteiger partial charge in [-0.05, 0) is 75.1 Å². The number of nitrogens with one attached hydrogen (secondary N) is 1. The number of hydrogen-bond donors (Lipinski definition) is 2. The van der Waals surface area contributed by atoms with E-state index in [1.165, 1.54) is 10.6 Å². The summed E-state index contributed by atoms with van der Waals surface area (Å²) >= 11 is 12.6. The SMILES string of the molecule is CCS(=O)(=O)Nc1ccc(Oc2ccc(Cl)cc2CCCC(C)O)c(-c2cn(C)c(=O)cc2Cl)c1. The number of nitrogens with zero attached hydrogens (tertiary/aromatic N) is 1. The van der Waals surface area contributed by atoms with Gasteiger partial charge in [0.05, 0.1) is 16.9 Å². The Morgan fingerprint density at radius 2 is 1.80 bits per heavy atom. The topological polar surface area (TPSA) is 97.6 Å². The molecule has 0 aliphatic rings. The molecule has 188 valence electrons. The first-order valence-corrected chi connectivity index (χ1v) is 13.6. The molecule has 1 atom stereocenters. The van der Waals surface area contributed by atoms with Crippen molar-refractivity contribution in [3.8, 4) is 22.6 Å². The predicted octanol–water partition coefficient (Wildman–Crippen LogP) is 5.62. The third kappa shape index (κ3) is 7.24. The van der Waals surface area contributed by atoms with Gasteiger partial charge in [-0.2, -0.15) is 0 Å². The lowest BCUT2D eigenvalue weighted by Gasteiger charge is -2.18. The van der Waals surface area contributed by atoms with Crippen LogP contribution in [0.4, 0.5) is 5.69 Å². The van der Waals surface area contributed by atoms with Gasteiger partial charge >= 0.3 is 0 Å². The van der Waals surface area contributed by atoms with E-state index in [9.17, 15) is 18.3 Å². The van der Waals surface area contributed by atoms with Crippen molar-refractivity contribution in [1.82, 2.24) is 4.57 Å². The Hall–Kier alpha value is -2.52. The Balaban J connectivity index is 2.09. The molecule has 2 aromatic carbocycles. The fraction of sp³-hybridized carbons (Fsp3) is 0.320. The number of sulfonamides is 1. The Kier molecular flexibility index (Phi) is 8.88. The monoisotopic (exact) mass is 538 g/mol. The summed E-state index contributed by atoms with van der Waals surface area (Å²) in [5.74, 6) is 0.912. The van der Waals surface area contributed by atoms with E-state index < -0.39 is 16.1 Å². The largest absolute Gasteiger partial charge is 0.456 e. The first-order chi connectivity index (χ1) is 16.5. The van der Waals surface area contributed by atoms with E-state index in [4.69, 9.17) is 27.9 Å². The van der Waals surface area contributed by atoms with Crippen molar-refractivity contribution in [3.63, 3.8) is 0 Å². The third-order valence-corrected chi connectivity index (χ3v) is 7.27. The highest BCUT2D eigenvalue weighted by Gasteiger charge is 2.17. The standard InChI is InChI=1S/C25H28Cl2N2O5S/c1-4-35(32,33)28-19-9-11-24(20(13-19)21-15-29(3)25(31)14-22(21)27)34-23-10-8-18(26)12-17(23)7-5-6-16(2)30/h8-16,28,30H,4-7H2,1-3H3. The number of aromatic nitrogens is 1. The Morgan fingerprint density at radius 3 is 2.49 bits per heavy atom. The second kappa shape index (κ2) is 11.5. The number of aliphatic hydroxyl groups excluding tert-OH is 1. The molecule has 7 nitrogen and oxygen atoms in total. The normalized spacial score (nSPS) is 12.4. The van der Waals surface area contributed by atoms with Gasteiger partial charge in [0, 0.05) is 41.1 Å². The van der Waals surface area contributed by atoms with Crippen LogP contribution in [0.1, 0.15) is 32.3 Å². The van der Waals surface area contributed by atoms with E-state index in [0.29, 0.717) is 46.2 Å². The van der Waals surface area contributed by atoms with Gasteiger partial charge in [0.15, 0.2) is 0 Å². The molecular weight excluding hydrogens is 511 g/mol. The van der Waals surface area contributed by atoms with Gasteiger partial charge < -0.3 is 14.4 Å². The van der Waals surface area contributed by atoms with Crippen LogP contribution in [-0.2, 0) is 23.5 Å². The van der Waals surface area contributed by atoms with Crippen LogP contribution >= 0.6 is 23.2 Å². The van der Waals surface area contributed by atoms with Crippen molar-refractivity contribution in [2.24, 2.45) is 7.05 Å². The summed E-state index contributed by atoms with van der Waals surface area (Å²) < 4.78 is 34.5. The maximum absolute atomic E-state index is 12.1. The molecule has 0 bridgehead atoms. The molecule has 0 saturated heterocycles. The van der Waals surface area contributed by atoms with Crippen LogP contribution in [0, 0.1) is 0 Å². The van der Waals surface area contributed by atoms with Crippen LogP contribution in [0.5, 0.6) is 11.5 Å². The maximum atomic E-state index is 12.1. The van der Waals surface area contributed by atoms with Crippen molar-refractivity contribution in [1.29, 1.82) is 0 Å². The van der Waals surface area contributed by atoms with E-state index >= 15 is 0 Å². The minimum Gasteiger partial charge on any atom is -0.456 e. The lowest BCUT2D eigenvalue weighted by molar-refractivity contribution is 0.181. The molecule has 0 fully saturated rings. The predicted molar refractivity (Wildman–Crippen MR) is 141 cm³/mol. The molecule has 0 radical (unpaired) electrons. The minimum absolute atomic E-state index is 0.0816. The fourth-order valence-corrected chi connectivity index (χ4v) is 4.57. The third-order valence-electron chi connectivity index (χ3n) is 5.41. The van der Waals surface area contributed by atoms with Crippen molar-refractivity contribution in [3.05, 3.63) is 74.6 Å². The van der Waals surface area contributed by atoms with Crippen molar-refractivity contribution in [2.75, 3.05) is 10.5 Å². The Morgan fingerprint density at radius 1 is 1.09 bits per heavy atom. The summed E-state index contributed by atoms with van der Waals surface area (Å²) in [4.78, 5) is 12.0. The lowest BCUT2D eigenvalue weighted by atomic mass is 10.0. The molecule has 3 rings (SSSR count). The summed E-state index contributed by atoms with van der Waals surface area (Å²) in [6.45, 7) is 3.29. The molecule has 1 heterocycles. The maximum Gasteiger partial charge on any atom is 0.251 e. The Labute approximate surface area is 215 Å². The second-order valence-corrected chi connectivity index (χ2v) is 11.2. The van der Waals surface area contributed by atoms with Crippen LogP contribution in [0.25, 0.3) is 11.1 Å². The zero-order valence-electron chi connectivity index (χ0n) is 19.7. The van der Waals surface area contributed by atoms with E-state index in [-0.39, 0.29) is 16.3 Å². The average molecular weight is 539 g/mol. The molecule has 1 aromatic heterocycles. The van der Waals surface area contributed by atoms with Crippen LogP contribution in [0.15, 0.2) is 53.5 Å². The summed E-state index contributed by atoms with van der Waals surface area (Å²) in [6.07, 6.45) is 3.20. The summed E-state index contributed by atoms with van der Waals surface area (Å²) in [7, 11) is -1.91. The number of ether oxygens (including phenoxy) is 1. The van der Waals surface area contributed by atoms with Gasteiger partial charge in [0.2, 0.25) is 10.0 Å². The highest BCUT2D eigenvalue weighted by Crippen LogP contribution is 2.40. The van der Waals surface area contributed by atoms with Gasteiger partial charge in [0.25, 0.3) is 5.56 Å². The smallest absolute Gasteiger partial charge is 0.251 e. The average Bonchev–Trinajstić information content (AvgIpc) is 2.78. The van der Waals surface area contributed by atoms with Crippen LogP contribution in [0.3, 0.4) is 0 Å². The first kappa shape index (κ1) is 27.1. The van der Waals surface area contributed by atoms with E-state index in [0.717, 1.165) is 12.0 Å². The molecular formula is C25H28Cl2N2O5S. The highest BCUT2D eigenvalue weighted by molar-refractivity contribution is 7.92. The molecule has 0 aliphatic heterocycles. The minimum atomic E-state index is -3.51.